The summed E-state index contributed by atoms with van der Waals surface area (Å²) in [6.07, 6.45) is 0. The van der Waals surface area contributed by atoms with Crippen LogP contribution in [0.1, 0.15) is 5.56 Å². The van der Waals surface area contributed by atoms with E-state index in [1.54, 1.807) is 32.4 Å². The van der Waals surface area contributed by atoms with E-state index in [-0.39, 0.29) is 6.03 Å². The van der Waals surface area contributed by atoms with E-state index in [2.05, 4.69) is 33.2 Å². The van der Waals surface area contributed by atoms with Gasteiger partial charge >= 0.3 is 6.03 Å². The van der Waals surface area contributed by atoms with E-state index >= 15 is 0 Å². The van der Waals surface area contributed by atoms with Crippen LogP contribution in [0.25, 0.3) is 0 Å². The highest BCUT2D eigenvalue weighted by Gasteiger charge is 2.08. The molecule has 0 aromatic heterocycles. The molecule has 0 atom stereocenters. The quantitative estimate of drug-likeness (QED) is 0.738. The Labute approximate surface area is 143 Å². The molecule has 2 aromatic carbocycles. The van der Waals surface area contributed by atoms with E-state index in [1.807, 2.05) is 24.3 Å². The number of carbonyl (C=O) groups is 1. The summed E-state index contributed by atoms with van der Waals surface area (Å²) in [5.41, 5.74) is 1.60. The zero-order valence-corrected chi connectivity index (χ0v) is 14.5. The van der Waals surface area contributed by atoms with Gasteiger partial charge in [0.25, 0.3) is 0 Å². The Hall–Kier alpha value is -1.96. The minimum atomic E-state index is -0.301. The van der Waals surface area contributed by atoms with Crippen molar-refractivity contribution in [3.8, 4) is 11.5 Å². The van der Waals surface area contributed by atoms with Crippen LogP contribution in [0.5, 0.6) is 11.5 Å². The summed E-state index contributed by atoms with van der Waals surface area (Å²) >= 11 is 2.24. The van der Waals surface area contributed by atoms with Crippen molar-refractivity contribution < 1.29 is 14.3 Å². The molecule has 0 aliphatic rings. The molecule has 22 heavy (non-hydrogen) atoms. The normalized spacial score (nSPS) is 9.95. The smallest absolute Gasteiger partial charge is 0.319 e. The summed E-state index contributed by atoms with van der Waals surface area (Å²) in [7, 11) is 3.12. The number of carbonyl (C=O) groups excluding carboxylic acids is 1. The molecule has 0 radical (unpaired) electrons. The molecule has 0 saturated heterocycles. The van der Waals surface area contributed by atoms with Gasteiger partial charge in [0.2, 0.25) is 0 Å². The van der Waals surface area contributed by atoms with Crippen LogP contribution < -0.4 is 20.1 Å². The number of nitrogens with one attached hydrogen (secondary N) is 2. The van der Waals surface area contributed by atoms with Crippen molar-refractivity contribution in [2.45, 2.75) is 6.54 Å². The number of hydrogen-bond donors (Lipinski definition) is 2. The Morgan fingerprint density at radius 3 is 2.64 bits per heavy atom. The van der Waals surface area contributed by atoms with Gasteiger partial charge in [-0.2, -0.15) is 0 Å². The summed E-state index contributed by atoms with van der Waals surface area (Å²) in [4.78, 5) is 12.0. The average Bonchev–Trinajstić information content (AvgIpc) is 2.53. The van der Waals surface area contributed by atoms with Gasteiger partial charge in [0.1, 0.15) is 11.5 Å². The summed E-state index contributed by atoms with van der Waals surface area (Å²) in [6, 6.07) is 12.9. The molecule has 0 heterocycles. The van der Waals surface area contributed by atoms with E-state index in [4.69, 9.17) is 9.47 Å². The number of benzene rings is 2. The van der Waals surface area contributed by atoms with Crippen molar-refractivity contribution in [1.29, 1.82) is 0 Å². The molecular formula is C16H17IN2O3. The van der Waals surface area contributed by atoms with Gasteiger partial charge in [-0.05, 0) is 52.4 Å². The van der Waals surface area contributed by atoms with Gasteiger partial charge in [0.05, 0.1) is 19.9 Å². The van der Waals surface area contributed by atoms with Crippen molar-refractivity contribution in [3.05, 3.63) is 51.6 Å². The molecule has 5 nitrogen and oxygen atoms in total. The second kappa shape index (κ2) is 7.88. The summed E-state index contributed by atoms with van der Waals surface area (Å²) in [5.74, 6) is 1.22. The fraction of sp³-hybridized carbons (Fsp3) is 0.188. The third-order valence-electron chi connectivity index (χ3n) is 3.00. The molecule has 2 rings (SSSR count). The van der Waals surface area contributed by atoms with E-state index in [0.29, 0.717) is 23.7 Å². The van der Waals surface area contributed by atoms with E-state index in [9.17, 15) is 4.79 Å². The first-order valence-corrected chi connectivity index (χ1v) is 7.71. The number of amides is 2. The average molecular weight is 412 g/mol. The highest BCUT2D eigenvalue weighted by molar-refractivity contribution is 14.1. The van der Waals surface area contributed by atoms with Crippen LogP contribution in [0.2, 0.25) is 0 Å². The minimum Gasteiger partial charge on any atom is -0.497 e. The number of methoxy groups -OCH3 is 2. The number of anilines is 1. The first-order chi connectivity index (χ1) is 10.6. The molecule has 0 fully saturated rings. The molecule has 0 saturated carbocycles. The molecule has 2 N–H and O–H groups in total. The molecule has 0 spiro atoms. The summed E-state index contributed by atoms with van der Waals surface area (Å²) < 4.78 is 11.5. The Bertz CT molecular complexity index is 662. The maximum absolute atomic E-state index is 12.0. The lowest BCUT2D eigenvalue weighted by molar-refractivity contribution is 0.251. The van der Waals surface area contributed by atoms with Gasteiger partial charge in [0, 0.05) is 16.2 Å². The van der Waals surface area contributed by atoms with E-state index < -0.39 is 0 Å². The van der Waals surface area contributed by atoms with Crippen LogP contribution in [0.4, 0.5) is 10.5 Å². The largest absolute Gasteiger partial charge is 0.497 e. The Morgan fingerprint density at radius 2 is 1.95 bits per heavy atom. The van der Waals surface area contributed by atoms with E-state index in [1.165, 1.54) is 0 Å². The number of hydrogen-bond acceptors (Lipinski definition) is 3. The molecule has 2 amide bonds. The predicted octanol–water partition coefficient (Wildman–Crippen LogP) is 3.63. The van der Waals surface area contributed by atoms with Crippen molar-refractivity contribution in [3.63, 3.8) is 0 Å². The van der Waals surface area contributed by atoms with Crippen LogP contribution in [0.3, 0.4) is 0 Å². The van der Waals surface area contributed by atoms with Gasteiger partial charge in [-0.3, -0.25) is 0 Å². The molecule has 0 aliphatic heterocycles. The number of rotatable bonds is 5. The lowest BCUT2D eigenvalue weighted by atomic mass is 10.2. The van der Waals surface area contributed by atoms with Gasteiger partial charge in [-0.1, -0.05) is 12.1 Å². The summed E-state index contributed by atoms with van der Waals surface area (Å²) in [6.45, 7) is 0.453. The van der Waals surface area contributed by atoms with Gasteiger partial charge in [-0.25, -0.2) is 4.79 Å². The lowest BCUT2D eigenvalue weighted by Crippen LogP contribution is -2.28. The molecule has 2 aromatic rings. The van der Waals surface area contributed by atoms with Crippen LogP contribution in [0.15, 0.2) is 42.5 Å². The number of halogens is 1. The molecule has 0 aliphatic carbocycles. The van der Waals surface area contributed by atoms with Gasteiger partial charge in [-0.15, -0.1) is 0 Å². The SMILES string of the molecule is COc1ccc(OC)c(NC(=O)NCc2cccc(I)c2)c1. The predicted molar refractivity (Wildman–Crippen MR) is 94.6 cm³/mol. The lowest BCUT2D eigenvalue weighted by Gasteiger charge is -2.12. The zero-order chi connectivity index (χ0) is 15.9. The molecule has 0 bridgehead atoms. The second-order valence-electron chi connectivity index (χ2n) is 4.50. The van der Waals surface area contributed by atoms with Crippen molar-refractivity contribution >= 4 is 34.3 Å². The third kappa shape index (κ3) is 4.52. The maximum atomic E-state index is 12.0. The zero-order valence-electron chi connectivity index (χ0n) is 12.4. The summed E-state index contributed by atoms with van der Waals surface area (Å²) in [5, 5.41) is 5.58. The minimum absolute atomic E-state index is 0.301. The van der Waals surface area contributed by atoms with Crippen LogP contribution in [-0.2, 0) is 6.54 Å². The van der Waals surface area contributed by atoms with Crippen molar-refractivity contribution in [1.82, 2.24) is 5.32 Å². The standard InChI is InChI=1S/C16H17IN2O3/c1-21-13-6-7-15(22-2)14(9-13)19-16(20)18-10-11-4-3-5-12(17)8-11/h3-9H,10H2,1-2H3,(H2,18,19,20). The van der Waals surface area contributed by atoms with Crippen LogP contribution in [-0.4, -0.2) is 20.3 Å². The second-order valence-corrected chi connectivity index (χ2v) is 5.75. The monoisotopic (exact) mass is 412 g/mol. The fourth-order valence-electron chi connectivity index (χ4n) is 1.91. The van der Waals surface area contributed by atoms with Gasteiger partial charge in [0.15, 0.2) is 0 Å². The van der Waals surface area contributed by atoms with Crippen LogP contribution in [0, 0.1) is 3.57 Å². The van der Waals surface area contributed by atoms with E-state index in [0.717, 1.165) is 9.13 Å². The third-order valence-corrected chi connectivity index (χ3v) is 3.67. The molecule has 6 heteroatoms. The molecule has 116 valence electrons. The maximum Gasteiger partial charge on any atom is 0.319 e. The molecular weight excluding hydrogens is 395 g/mol. The Morgan fingerprint density at radius 1 is 1.14 bits per heavy atom. The van der Waals surface area contributed by atoms with Crippen LogP contribution >= 0.6 is 22.6 Å². The molecule has 0 unspecified atom stereocenters. The number of urea groups is 1. The Kier molecular flexibility index (Phi) is 5.88. The fourth-order valence-corrected chi connectivity index (χ4v) is 2.52. The first kappa shape index (κ1) is 16.4. The number of ether oxygens (including phenoxy) is 2. The topological polar surface area (TPSA) is 59.6 Å². The van der Waals surface area contributed by atoms with Gasteiger partial charge < -0.3 is 20.1 Å². The van der Waals surface area contributed by atoms with Crippen molar-refractivity contribution in [2.75, 3.05) is 19.5 Å². The highest BCUT2D eigenvalue weighted by Crippen LogP contribution is 2.28. The first-order valence-electron chi connectivity index (χ1n) is 6.63. The highest BCUT2D eigenvalue weighted by atomic mass is 127. The van der Waals surface area contributed by atoms with Crippen molar-refractivity contribution in [2.24, 2.45) is 0 Å². The Balaban J connectivity index is 1.99.